The number of carboxylic acid groups (broad SMARTS) is 1. The van der Waals surface area contributed by atoms with Crippen molar-refractivity contribution in [2.75, 3.05) is 7.11 Å². The molecular formula is C6H7O4-. The summed E-state index contributed by atoms with van der Waals surface area (Å²) < 4.78 is 4.32. The van der Waals surface area contributed by atoms with E-state index < -0.39 is 23.8 Å². The maximum Gasteiger partial charge on any atom is 0.309 e. The Morgan fingerprint density at radius 1 is 1.50 bits per heavy atom. The average molecular weight is 143 g/mol. The SMILES string of the molecule is COC(=O)[C@H]1C[C@H]1C(=O)[O-]. The summed E-state index contributed by atoms with van der Waals surface area (Å²) in [5.74, 6) is -2.66. The number of methoxy groups -OCH3 is 1. The van der Waals surface area contributed by atoms with E-state index in [-0.39, 0.29) is 0 Å². The van der Waals surface area contributed by atoms with Crippen molar-refractivity contribution >= 4 is 11.9 Å². The van der Waals surface area contributed by atoms with E-state index in [2.05, 4.69) is 4.74 Å². The monoisotopic (exact) mass is 143 g/mol. The molecule has 1 saturated carbocycles. The van der Waals surface area contributed by atoms with Gasteiger partial charge < -0.3 is 14.6 Å². The van der Waals surface area contributed by atoms with Gasteiger partial charge in [-0.25, -0.2) is 0 Å². The minimum atomic E-state index is -1.16. The Balaban J connectivity index is 2.38. The molecule has 1 rings (SSSR count). The number of aliphatic carboxylic acids is 1. The van der Waals surface area contributed by atoms with E-state index in [9.17, 15) is 14.7 Å². The van der Waals surface area contributed by atoms with Gasteiger partial charge in [0.1, 0.15) is 0 Å². The van der Waals surface area contributed by atoms with Crippen LogP contribution in [-0.4, -0.2) is 19.0 Å². The molecule has 0 unspecified atom stereocenters. The highest BCUT2D eigenvalue weighted by Crippen LogP contribution is 2.38. The number of hydrogen-bond donors (Lipinski definition) is 0. The largest absolute Gasteiger partial charge is 0.550 e. The summed E-state index contributed by atoms with van der Waals surface area (Å²) in [4.78, 5) is 20.6. The van der Waals surface area contributed by atoms with Gasteiger partial charge in [0.25, 0.3) is 0 Å². The van der Waals surface area contributed by atoms with Crippen LogP contribution in [0.3, 0.4) is 0 Å². The lowest BCUT2D eigenvalue weighted by molar-refractivity contribution is -0.308. The lowest BCUT2D eigenvalue weighted by Gasteiger charge is -1.97. The number of esters is 1. The number of carbonyl (C=O) groups is 2. The number of hydrogen-bond acceptors (Lipinski definition) is 4. The molecule has 0 aromatic heterocycles. The van der Waals surface area contributed by atoms with Crippen molar-refractivity contribution < 1.29 is 19.4 Å². The molecule has 0 spiro atoms. The molecule has 10 heavy (non-hydrogen) atoms. The zero-order valence-corrected chi connectivity index (χ0v) is 5.49. The molecule has 0 bridgehead atoms. The van der Waals surface area contributed by atoms with Gasteiger partial charge in [-0.2, -0.15) is 0 Å². The quantitative estimate of drug-likeness (QED) is 0.443. The van der Waals surface area contributed by atoms with Crippen molar-refractivity contribution in [2.24, 2.45) is 11.8 Å². The normalized spacial score (nSPS) is 29.3. The van der Waals surface area contributed by atoms with Crippen LogP contribution in [0.5, 0.6) is 0 Å². The smallest absolute Gasteiger partial charge is 0.309 e. The summed E-state index contributed by atoms with van der Waals surface area (Å²) in [5.41, 5.74) is 0. The molecule has 1 fully saturated rings. The van der Waals surface area contributed by atoms with Gasteiger partial charge in [-0.05, 0) is 6.42 Å². The lowest BCUT2D eigenvalue weighted by Crippen LogP contribution is -2.26. The van der Waals surface area contributed by atoms with Gasteiger partial charge in [0.15, 0.2) is 0 Å². The fourth-order valence-corrected chi connectivity index (χ4v) is 0.867. The topological polar surface area (TPSA) is 66.4 Å². The third-order valence-electron chi connectivity index (χ3n) is 1.60. The molecule has 4 nitrogen and oxygen atoms in total. The van der Waals surface area contributed by atoms with E-state index in [0.717, 1.165) is 0 Å². The third-order valence-corrected chi connectivity index (χ3v) is 1.60. The lowest BCUT2D eigenvalue weighted by atomic mass is 10.3. The zero-order valence-electron chi connectivity index (χ0n) is 5.49. The number of rotatable bonds is 2. The van der Waals surface area contributed by atoms with Crippen LogP contribution in [0.2, 0.25) is 0 Å². The molecule has 0 aromatic carbocycles. The average Bonchev–Trinajstić information content (AvgIpc) is 2.64. The molecule has 4 heteroatoms. The van der Waals surface area contributed by atoms with Crippen molar-refractivity contribution in [3.05, 3.63) is 0 Å². The minimum Gasteiger partial charge on any atom is -0.550 e. The Kier molecular flexibility index (Phi) is 1.61. The van der Waals surface area contributed by atoms with Gasteiger partial charge in [-0.3, -0.25) is 4.79 Å². The summed E-state index contributed by atoms with van der Waals surface area (Å²) in [5, 5.41) is 10.1. The molecule has 0 aliphatic heterocycles. The molecule has 0 saturated heterocycles. The summed E-state index contributed by atoms with van der Waals surface area (Å²) >= 11 is 0. The molecular weight excluding hydrogens is 136 g/mol. The van der Waals surface area contributed by atoms with Gasteiger partial charge in [0, 0.05) is 11.9 Å². The second kappa shape index (κ2) is 2.28. The highest BCUT2D eigenvalue weighted by atomic mass is 16.5. The van der Waals surface area contributed by atoms with Crippen LogP contribution in [0, 0.1) is 11.8 Å². The highest BCUT2D eigenvalue weighted by Gasteiger charge is 2.44. The second-order valence-corrected chi connectivity index (χ2v) is 2.29. The van der Waals surface area contributed by atoms with Crippen molar-refractivity contribution in [2.45, 2.75) is 6.42 Å². The summed E-state index contributed by atoms with van der Waals surface area (Å²) in [6.45, 7) is 0. The van der Waals surface area contributed by atoms with Crippen molar-refractivity contribution in [3.8, 4) is 0 Å². The van der Waals surface area contributed by atoms with Gasteiger partial charge in [-0.1, -0.05) is 0 Å². The van der Waals surface area contributed by atoms with Crippen LogP contribution in [0.1, 0.15) is 6.42 Å². The van der Waals surface area contributed by atoms with E-state index in [1.165, 1.54) is 7.11 Å². The first-order valence-electron chi connectivity index (χ1n) is 2.95. The van der Waals surface area contributed by atoms with Gasteiger partial charge in [0.2, 0.25) is 0 Å². The highest BCUT2D eigenvalue weighted by molar-refractivity contribution is 5.85. The van der Waals surface area contributed by atoms with Gasteiger partial charge in [0.05, 0.1) is 13.0 Å². The summed E-state index contributed by atoms with van der Waals surface area (Å²) in [6.07, 6.45) is 0.370. The van der Waals surface area contributed by atoms with E-state index >= 15 is 0 Å². The van der Waals surface area contributed by atoms with Crippen molar-refractivity contribution in [1.82, 2.24) is 0 Å². The first kappa shape index (κ1) is 7.05. The molecule has 1 aliphatic rings. The van der Waals surface area contributed by atoms with E-state index in [4.69, 9.17) is 0 Å². The Morgan fingerprint density at radius 2 is 2.10 bits per heavy atom. The van der Waals surface area contributed by atoms with Crippen LogP contribution in [0.25, 0.3) is 0 Å². The third kappa shape index (κ3) is 1.10. The number of ether oxygens (including phenoxy) is 1. The molecule has 0 N–H and O–H groups in total. The van der Waals surface area contributed by atoms with Crippen LogP contribution in [0.15, 0.2) is 0 Å². The standard InChI is InChI=1S/C6H8O4/c1-10-6(9)4-2-3(4)5(7)8/h3-4H,2H2,1H3,(H,7,8)/p-1/t3-,4+/m1/s1. The Morgan fingerprint density at radius 3 is 2.40 bits per heavy atom. The second-order valence-electron chi connectivity index (χ2n) is 2.29. The van der Waals surface area contributed by atoms with Crippen LogP contribution < -0.4 is 5.11 Å². The van der Waals surface area contributed by atoms with Gasteiger partial charge >= 0.3 is 5.97 Å². The van der Waals surface area contributed by atoms with Gasteiger partial charge in [-0.15, -0.1) is 0 Å². The van der Waals surface area contributed by atoms with E-state index in [0.29, 0.717) is 6.42 Å². The Bertz CT molecular complexity index is 175. The van der Waals surface area contributed by atoms with Crippen LogP contribution >= 0.6 is 0 Å². The molecule has 0 amide bonds. The zero-order chi connectivity index (χ0) is 7.72. The number of carboxylic acids is 1. The molecule has 0 aromatic rings. The maximum atomic E-state index is 10.6. The van der Waals surface area contributed by atoms with Crippen molar-refractivity contribution in [1.29, 1.82) is 0 Å². The maximum absolute atomic E-state index is 10.6. The van der Waals surface area contributed by atoms with Crippen LogP contribution in [0.4, 0.5) is 0 Å². The van der Waals surface area contributed by atoms with Crippen LogP contribution in [-0.2, 0) is 14.3 Å². The minimum absolute atomic E-state index is 0.370. The molecule has 1 aliphatic carbocycles. The predicted molar refractivity (Wildman–Crippen MR) is 28.6 cm³/mol. The molecule has 0 heterocycles. The van der Waals surface area contributed by atoms with E-state index in [1.54, 1.807) is 0 Å². The summed E-state index contributed by atoms with van der Waals surface area (Å²) in [7, 11) is 1.24. The number of carbonyl (C=O) groups excluding carboxylic acids is 2. The molecule has 56 valence electrons. The Labute approximate surface area is 57.8 Å². The molecule has 0 radical (unpaired) electrons. The molecule has 2 atom stereocenters. The van der Waals surface area contributed by atoms with Crippen molar-refractivity contribution in [3.63, 3.8) is 0 Å². The first-order chi connectivity index (χ1) is 4.66. The Hall–Kier alpha value is -1.06. The van der Waals surface area contributed by atoms with E-state index in [1.807, 2.05) is 0 Å². The fourth-order valence-electron chi connectivity index (χ4n) is 0.867. The fraction of sp³-hybridized carbons (Fsp3) is 0.667. The first-order valence-corrected chi connectivity index (χ1v) is 2.95. The summed E-state index contributed by atoms with van der Waals surface area (Å²) in [6, 6.07) is 0. The predicted octanol–water partition coefficient (Wildman–Crippen LogP) is -1.45.